The minimum absolute atomic E-state index is 0.431. The largest absolute Gasteiger partial charge is 0.493 e. The molecule has 0 amide bonds. The van der Waals surface area contributed by atoms with Crippen molar-refractivity contribution in [1.82, 2.24) is 9.38 Å². The van der Waals surface area contributed by atoms with Gasteiger partial charge in [-0.25, -0.2) is 4.98 Å². The number of pyridine rings is 1. The summed E-state index contributed by atoms with van der Waals surface area (Å²) in [6.45, 7) is 5.10. The Bertz CT molecular complexity index is 777. The van der Waals surface area contributed by atoms with Crippen molar-refractivity contribution in [2.45, 2.75) is 20.4 Å². The second-order valence-electron chi connectivity index (χ2n) is 4.98. The predicted octanol–water partition coefficient (Wildman–Crippen LogP) is 3.17. The molecule has 4 nitrogen and oxygen atoms in total. The number of nitrogens with two attached hydrogens (primary N) is 1. The van der Waals surface area contributed by atoms with Crippen molar-refractivity contribution in [3.8, 4) is 17.0 Å². The van der Waals surface area contributed by atoms with E-state index < -0.39 is 0 Å². The Morgan fingerprint density at radius 3 is 2.76 bits per heavy atom. The Balaban J connectivity index is 2.25. The van der Waals surface area contributed by atoms with Crippen molar-refractivity contribution in [3.63, 3.8) is 0 Å². The fourth-order valence-electron chi connectivity index (χ4n) is 2.55. The van der Waals surface area contributed by atoms with Crippen LogP contribution in [0.25, 0.3) is 16.9 Å². The summed E-state index contributed by atoms with van der Waals surface area (Å²) in [5.41, 5.74) is 10.9. The van der Waals surface area contributed by atoms with Gasteiger partial charge in [-0.2, -0.15) is 0 Å². The van der Waals surface area contributed by atoms with Crippen LogP contribution in [-0.4, -0.2) is 16.0 Å². The Labute approximate surface area is 124 Å². The number of nitrogens with zero attached hydrogens (tertiary/aromatic N) is 2. The van der Waals surface area contributed by atoms with Gasteiger partial charge in [-0.05, 0) is 37.6 Å². The summed E-state index contributed by atoms with van der Waals surface area (Å²) < 4.78 is 7.78. The second kappa shape index (κ2) is 5.58. The summed E-state index contributed by atoms with van der Waals surface area (Å²) in [5.74, 6) is 0.842. The summed E-state index contributed by atoms with van der Waals surface area (Å²) in [7, 11) is 0. The molecule has 2 heterocycles. The lowest BCUT2D eigenvalue weighted by molar-refractivity contribution is 0.341. The van der Waals surface area contributed by atoms with Gasteiger partial charge in [0, 0.05) is 18.3 Å². The molecule has 0 saturated heterocycles. The van der Waals surface area contributed by atoms with Gasteiger partial charge in [-0.1, -0.05) is 18.2 Å². The molecule has 2 N–H and O–H groups in total. The van der Waals surface area contributed by atoms with Crippen molar-refractivity contribution < 1.29 is 4.74 Å². The van der Waals surface area contributed by atoms with Crippen LogP contribution in [-0.2, 0) is 6.54 Å². The highest BCUT2D eigenvalue weighted by Gasteiger charge is 2.16. The van der Waals surface area contributed by atoms with E-state index in [0.29, 0.717) is 13.2 Å². The highest BCUT2D eigenvalue weighted by molar-refractivity contribution is 5.72. The molecule has 0 atom stereocenters. The van der Waals surface area contributed by atoms with Crippen LogP contribution in [0.3, 0.4) is 0 Å². The zero-order valence-electron chi connectivity index (χ0n) is 12.3. The third-order valence-electron chi connectivity index (χ3n) is 3.50. The van der Waals surface area contributed by atoms with Crippen molar-refractivity contribution in [3.05, 3.63) is 53.9 Å². The number of fused-ring (bicyclic) bond motifs is 1. The van der Waals surface area contributed by atoms with Crippen LogP contribution in [0.4, 0.5) is 0 Å². The van der Waals surface area contributed by atoms with Gasteiger partial charge < -0.3 is 14.9 Å². The molecule has 0 aliphatic heterocycles. The minimum Gasteiger partial charge on any atom is -0.493 e. The van der Waals surface area contributed by atoms with Gasteiger partial charge in [0.2, 0.25) is 0 Å². The van der Waals surface area contributed by atoms with Gasteiger partial charge >= 0.3 is 0 Å². The fraction of sp³-hybridized carbons (Fsp3) is 0.235. The normalized spacial score (nSPS) is 11.0. The van der Waals surface area contributed by atoms with Crippen LogP contribution in [0, 0.1) is 6.92 Å². The van der Waals surface area contributed by atoms with Gasteiger partial charge in [-0.15, -0.1) is 0 Å². The van der Waals surface area contributed by atoms with E-state index in [1.54, 1.807) is 0 Å². The van der Waals surface area contributed by atoms with Crippen molar-refractivity contribution in [2.75, 3.05) is 6.61 Å². The van der Waals surface area contributed by atoms with Crippen molar-refractivity contribution in [1.29, 1.82) is 0 Å². The molecule has 1 aromatic carbocycles. The first-order valence-corrected chi connectivity index (χ1v) is 7.14. The van der Waals surface area contributed by atoms with Crippen LogP contribution in [0.2, 0.25) is 0 Å². The van der Waals surface area contributed by atoms with Gasteiger partial charge in [0.15, 0.2) is 0 Å². The monoisotopic (exact) mass is 281 g/mol. The summed E-state index contributed by atoms with van der Waals surface area (Å²) in [5, 5.41) is 0. The number of ether oxygens (including phenoxy) is 1. The molecule has 0 aliphatic rings. The molecule has 0 bridgehead atoms. The maximum atomic E-state index is 5.97. The van der Waals surface area contributed by atoms with E-state index in [0.717, 1.165) is 28.3 Å². The van der Waals surface area contributed by atoms with E-state index in [1.165, 1.54) is 5.56 Å². The molecule has 108 valence electrons. The molecule has 0 radical (unpaired) electrons. The van der Waals surface area contributed by atoms with Crippen LogP contribution in [0.1, 0.15) is 18.2 Å². The molecular weight excluding hydrogens is 262 g/mol. The first kappa shape index (κ1) is 13.6. The highest BCUT2D eigenvalue weighted by atomic mass is 16.5. The minimum atomic E-state index is 0.431. The molecule has 3 rings (SSSR count). The van der Waals surface area contributed by atoms with Crippen LogP contribution in [0.5, 0.6) is 5.75 Å². The smallest absolute Gasteiger partial charge is 0.137 e. The Kier molecular flexibility index (Phi) is 3.62. The van der Waals surface area contributed by atoms with E-state index in [9.17, 15) is 0 Å². The van der Waals surface area contributed by atoms with E-state index in [2.05, 4.69) is 23.6 Å². The van der Waals surface area contributed by atoms with Gasteiger partial charge in [-0.3, -0.25) is 0 Å². The summed E-state index contributed by atoms with van der Waals surface area (Å²) in [6.07, 6.45) is 2.07. The number of hydrogen-bond acceptors (Lipinski definition) is 3. The lowest BCUT2D eigenvalue weighted by Crippen LogP contribution is -2.03. The average Bonchev–Trinajstić information content (AvgIpc) is 2.85. The van der Waals surface area contributed by atoms with E-state index in [1.807, 2.05) is 37.3 Å². The van der Waals surface area contributed by atoms with E-state index in [-0.39, 0.29) is 0 Å². The lowest BCUT2D eigenvalue weighted by Gasteiger charge is -2.09. The number of para-hydroxylation sites is 1. The van der Waals surface area contributed by atoms with Gasteiger partial charge in [0.05, 0.1) is 18.0 Å². The van der Waals surface area contributed by atoms with Gasteiger partial charge in [0.1, 0.15) is 11.4 Å². The molecule has 0 fully saturated rings. The molecule has 0 spiro atoms. The zero-order chi connectivity index (χ0) is 14.8. The molecule has 0 unspecified atom stereocenters. The highest BCUT2D eigenvalue weighted by Crippen LogP contribution is 2.32. The average molecular weight is 281 g/mol. The number of rotatable bonds is 4. The third-order valence-corrected chi connectivity index (χ3v) is 3.50. The number of aromatic nitrogens is 2. The molecule has 21 heavy (non-hydrogen) atoms. The summed E-state index contributed by atoms with van der Waals surface area (Å²) in [4.78, 5) is 4.74. The number of benzene rings is 1. The van der Waals surface area contributed by atoms with Crippen molar-refractivity contribution >= 4 is 5.65 Å². The maximum Gasteiger partial charge on any atom is 0.137 e. The quantitative estimate of drug-likeness (QED) is 0.799. The second-order valence-corrected chi connectivity index (χ2v) is 4.98. The number of hydrogen-bond donors (Lipinski definition) is 1. The number of imidazole rings is 1. The van der Waals surface area contributed by atoms with Crippen molar-refractivity contribution in [2.24, 2.45) is 5.73 Å². The summed E-state index contributed by atoms with van der Waals surface area (Å²) >= 11 is 0. The van der Waals surface area contributed by atoms with Crippen LogP contribution < -0.4 is 10.5 Å². The van der Waals surface area contributed by atoms with Crippen LogP contribution >= 0.6 is 0 Å². The fourth-order valence-corrected chi connectivity index (χ4v) is 2.55. The molecule has 0 aliphatic carbocycles. The molecule has 4 heteroatoms. The predicted molar refractivity (Wildman–Crippen MR) is 84.4 cm³/mol. The SMILES string of the molecule is CCOc1ccccc1-c1nc2ccc(C)cn2c1CN. The molecule has 0 saturated carbocycles. The maximum absolute atomic E-state index is 5.97. The van der Waals surface area contributed by atoms with Gasteiger partial charge in [0.25, 0.3) is 0 Å². The van der Waals surface area contributed by atoms with E-state index in [4.69, 9.17) is 15.5 Å². The summed E-state index contributed by atoms with van der Waals surface area (Å²) in [6, 6.07) is 12.0. The van der Waals surface area contributed by atoms with Crippen LogP contribution in [0.15, 0.2) is 42.6 Å². The molecule has 3 aromatic rings. The standard InChI is InChI=1S/C17H19N3O/c1-3-21-15-7-5-4-6-13(15)17-14(10-18)20-11-12(2)8-9-16(20)19-17/h4-9,11H,3,10,18H2,1-2H3. The Morgan fingerprint density at radius 2 is 2.00 bits per heavy atom. The number of aryl methyl sites for hydroxylation is 1. The molecule has 2 aromatic heterocycles. The first-order chi connectivity index (χ1) is 10.2. The van der Waals surface area contributed by atoms with E-state index >= 15 is 0 Å². The zero-order valence-corrected chi connectivity index (χ0v) is 12.3. The Morgan fingerprint density at radius 1 is 1.19 bits per heavy atom. The third kappa shape index (κ3) is 2.38. The topological polar surface area (TPSA) is 52.5 Å². The lowest BCUT2D eigenvalue weighted by atomic mass is 10.1. The first-order valence-electron chi connectivity index (χ1n) is 7.14. The molecular formula is C17H19N3O. The Hall–Kier alpha value is -2.33.